The molecule has 1 heterocycles. The number of ether oxygens (including phenoxy) is 2. The summed E-state index contributed by atoms with van der Waals surface area (Å²) < 4.78 is 11.4. The van der Waals surface area contributed by atoms with E-state index in [0.717, 1.165) is 35.2 Å². The Morgan fingerprint density at radius 2 is 1.93 bits per heavy atom. The summed E-state index contributed by atoms with van der Waals surface area (Å²) in [4.78, 5) is 12.1. The van der Waals surface area contributed by atoms with Crippen molar-refractivity contribution in [2.24, 2.45) is 0 Å². The number of carbonyl (C=O) groups excluding carboxylic acids is 1. The van der Waals surface area contributed by atoms with Crippen LogP contribution in [0.3, 0.4) is 0 Å². The standard InChI is InChI=1S/C22H30N2O3/c1-22(2,3)27-21(25)24-19-11-12-20(18-10-5-4-9-17(18)19)26-15-13-16-8-6-7-14-23-16/h4-5,9-12,16,23H,6-8,13-15H2,1-3H3,(H,24,25). The molecule has 146 valence electrons. The fourth-order valence-corrected chi connectivity index (χ4v) is 3.40. The van der Waals surface area contributed by atoms with E-state index < -0.39 is 11.7 Å². The first-order valence-electron chi connectivity index (χ1n) is 9.80. The molecule has 2 N–H and O–H groups in total. The van der Waals surface area contributed by atoms with Gasteiger partial charge in [-0.2, -0.15) is 0 Å². The van der Waals surface area contributed by atoms with Crippen LogP contribution in [0.15, 0.2) is 36.4 Å². The Hall–Kier alpha value is -2.27. The lowest BCUT2D eigenvalue weighted by Gasteiger charge is -2.23. The van der Waals surface area contributed by atoms with Crippen LogP contribution in [-0.2, 0) is 4.74 Å². The second-order valence-electron chi connectivity index (χ2n) is 8.07. The molecule has 1 saturated heterocycles. The zero-order valence-corrected chi connectivity index (χ0v) is 16.5. The lowest BCUT2D eigenvalue weighted by Crippen LogP contribution is -2.35. The summed E-state index contributed by atoms with van der Waals surface area (Å²) in [6.07, 6.45) is 4.35. The minimum atomic E-state index is -0.532. The molecule has 0 spiro atoms. The highest BCUT2D eigenvalue weighted by Crippen LogP contribution is 2.32. The quantitative estimate of drug-likeness (QED) is 0.769. The lowest BCUT2D eigenvalue weighted by molar-refractivity contribution is 0.0636. The number of hydrogen-bond acceptors (Lipinski definition) is 4. The van der Waals surface area contributed by atoms with E-state index >= 15 is 0 Å². The van der Waals surface area contributed by atoms with Crippen LogP contribution in [0.25, 0.3) is 10.8 Å². The number of fused-ring (bicyclic) bond motifs is 1. The number of piperidine rings is 1. The van der Waals surface area contributed by atoms with Gasteiger partial charge >= 0.3 is 6.09 Å². The summed E-state index contributed by atoms with van der Waals surface area (Å²) in [6, 6.07) is 12.3. The Morgan fingerprint density at radius 3 is 2.63 bits per heavy atom. The lowest BCUT2D eigenvalue weighted by atomic mass is 10.0. The zero-order chi connectivity index (χ0) is 19.3. The number of amides is 1. The van der Waals surface area contributed by atoms with Crippen molar-refractivity contribution in [2.45, 2.75) is 58.1 Å². The molecule has 2 aromatic rings. The van der Waals surface area contributed by atoms with Gasteiger partial charge in [-0.15, -0.1) is 0 Å². The molecule has 1 aliphatic heterocycles. The van der Waals surface area contributed by atoms with Gasteiger partial charge in [-0.25, -0.2) is 4.79 Å². The van der Waals surface area contributed by atoms with E-state index in [1.165, 1.54) is 19.3 Å². The second-order valence-corrected chi connectivity index (χ2v) is 8.07. The Kier molecular flexibility index (Phi) is 6.22. The normalized spacial score (nSPS) is 17.5. The first-order chi connectivity index (χ1) is 12.9. The van der Waals surface area contributed by atoms with Gasteiger partial charge in [0, 0.05) is 16.8 Å². The second kappa shape index (κ2) is 8.61. The molecule has 0 aromatic heterocycles. The monoisotopic (exact) mass is 370 g/mol. The molecule has 27 heavy (non-hydrogen) atoms. The van der Waals surface area contributed by atoms with E-state index in [0.29, 0.717) is 12.6 Å². The summed E-state index contributed by atoms with van der Waals surface area (Å²) in [5, 5.41) is 8.33. The van der Waals surface area contributed by atoms with Crippen molar-refractivity contribution < 1.29 is 14.3 Å². The van der Waals surface area contributed by atoms with Gasteiger partial charge in [0.1, 0.15) is 11.4 Å². The molecule has 0 saturated carbocycles. The Labute approximate surface area is 161 Å². The minimum absolute atomic E-state index is 0.454. The summed E-state index contributed by atoms with van der Waals surface area (Å²) in [5.41, 5.74) is 0.192. The summed E-state index contributed by atoms with van der Waals surface area (Å²) in [6.45, 7) is 7.34. The highest BCUT2D eigenvalue weighted by molar-refractivity contribution is 6.02. The van der Waals surface area contributed by atoms with Gasteiger partial charge in [-0.3, -0.25) is 5.32 Å². The van der Waals surface area contributed by atoms with Gasteiger partial charge in [-0.05, 0) is 58.7 Å². The van der Waals surface area contributed by atoms with Crippen LogP contribution in [0.2, 0.25) is 0 Å². The highest BCUT2D eigenvalue weighted by atomic mass is 16.6. The van der Waals surface area contributed by atoms with E-state index in [-0.39, 0.29) is 0 Å². The molecule has 0 bridgehead atoms. The van der Waals surface area contributed by atoms with Crippen molar-refractivity contribution in [1.82, 2.24) is 5.32 Å². The van der Waals surface area contributed by atoms with E-state index in [4.69, 9.17) is 9.47 Å². The molecule has 0 aliphatic carbocycles. The number of nitrogens with one attached hydrogen (secondary N) is 2. The van der Waals surface area contributed by atoms with E-state index in [1.54, 1.807) is 0 Å². The molecule has 1 amide bonds. The molecule has 1 atom stereocenters. The first kappa shape index (κ1) is 19.5. The van der Waals surface area contributed by atoms with Gasteiger partial charge in [-0.1, -0.05) is 30.7 Å². The first-order valence-corrected chi connectivity index (χ1v) is 9.80. The third-order valence-electron chi connectivity index (χ3n) is 4.66. The highest BCUT2D eigenvalue weighted by Gasteiger charge is 2.18. The zero-order valence-electron chi connectivity index (χ0n) is 16.5. The molecule has 1 fully saturated rings. The van der Waals surface area contributed by atoms with E-state index in [1.807, 2.05) is 57.2 Å². The Balaban J connectivity index is 1.69. The Morgan fingerprint density at radius 1 is 1.15 bits per heavy atom. The molecular formula is C22H30N2O3. The largest absolute Gasteiger partial charge is 0.493 e. The van der Waals surface area contributed by atoms with Crippen molar-refractivity contribution in [1.29, 1.82) is 0 Å². The fraction of sp³-hybridized carbons (Fsp3) is 0.500. The van der Waals surface area contributed by atoms with Crippen LogP contribution in [0.5, 0.6) is 5.75 Å². The van der Waals surface area contributed by atoms with Gasteiger partial charge < -0.3 is 14.8 Å². The average molecular weight is 370 g/mol. The van der Waals surface area contributed by atoms with Crippen molar-refractivity contribution in [2.75, 3.05) is 18.5 Å². The molecule has 3 rings (SSSR count). The number of carbonyl (C=O) groups is 1. The molecule has 0 radical (unpaired) electrons. The smallest absolute Gasteiger partial charge is 0.412 e. The predicted octanol–water partition coefficient (Wildman–Crippen LogP) is 5.10. The predicted molar refractivity (Wildman–Crippen MR) is 110 cm³/mol. The van der Waals surface area contributed by atoms with Gasteiger partial charge in [0.05, 0.1) is 12.3 Å². The van der Waals surface area contributed by atoms with Gasteiger partial charge in [0.2, 0.25) is 0 Å². The van der Waals surface area contributed by atoms with Crippen molar-refractivity contribution >= 4 is 22.6 Å². The molecule has 1 unspecified atom stereocenters. The average Bonchev–Trinajstić information content (AvgIpc) is 2.63. The number of rotatable bonds is 5. The topological polar surface area (TPSA) is 59.6 Å². The minimum Gasteiger partial charge on any atom is -0.493 e. The maximum atomic E-state index is 12.1. The third-order valence-corrected chi connectivity index (χ3v) is 4.66. The van der Waals surface area contributed by atoms with Crippen LogP contribution in [0, 0.1) is 0 Å². The van der Waals surface area contributed by atoms with Crippen molar-refractivity contribution in [3.05, 3.63) is 36.4 Å². The van der Waals surface area contributed by atoms with Crippen LogP contribution in [0.1, 0.15) is 46.5 Å². The molecular weight excluding hydrogens is 340 g/mol. The number of benzene rings is 2. The Bertz CT molecular complexity index is 777. The summed E-state index contributed by atoms with van der Waals surface area (Å²) in [7, 11) is 0. The fourth-order valence-electron chi connectivity index (χ4n) is 3.40. The van der Waals surface area contributed by atoms with Crippen molar-refractivity contribution in [3.63, 3.8) is 0 Å². The third kappa shape index (κ3) is 5.60. The molecule has 2 aromatic carbocycles. The number of hydrogen-bond donors (Lipinski definition) is 2. The summed E-state index contributed by atoms with van der Waals surface area (Å²) in [5.74, 6) is 0.844. The van der Waals surface area contributed by atoms with Gasteiger partial charge in [0.25, 0.3) is 0 Å². The molecule has 5 nitrogen and oxygen atoms in total. The van der Waals surface area contributed by atoms with Gasteiger partial charge in [0.15, 0.2) is 0 Å². The van der Waals surface area contributed by atoms with E-state index in [2.05, 4.69) is 10.6 Å². The number of anilines is 1. The van der Waals surface area contributed by atoms with E-state index in [9.17, 15) is 4.79 Å². The molecule has 1 aliphatic rings. The van der Waals surface area contributed by atoms with Crippen LogP contribution >= 0.6 is 0 Å². The van der Waals surface area contributed by atoms with Crippen molar-refractivity contribution in [3.8, 4) is 5.75 Å². The summed E-state index contributed by atoms with van der Waals surface area (Å²) >= 11 is 0. The maximum Gasteiger partial charge on any atom is 0.412 e. The molecule has 5 heteroatoms. The van der Waals surface area contributed by atoms with Crippen LogP contribution < -0.4 is 15.4 Å². The van der Waals surface area contributed by atoms with Crippen LogP contribution in [0.4, 0.5) is 10.5 Å². The van der Waals surface area contributed by atoms with Crippen LogP contribution in [-0.4, -0.2) is 30.9 Å². The maximum absolute atomic E-state index is 12.1. The SMILES string of the molecule is CC(C)(C)OC(=O)Nc1ccc(OCCC2CCCCN2)c2ccccc12.